The number of fused-ring (bicyclic) bond motifs is 2. The molecular formula is C45H59N13O6S. The second-order valence-electron chi connectivity index (χ2n) is 16.4. The summed E-state index contributed by atoms with van der Waals surface area (Å²) in [5, 5.41) is 8.46. The Balaban J connectivity index is 1.27. The number of nitrogens with zero attached hydrogens (tertiary/aromatic N) is 5. The van der Waals surface area contributed by atoms with Crippen LogP contribution in [0.1, 0.15) is 60.1 Å². The molecular weight excluding hydrogens is 851 g/mol. The van der Waals surface area contributed by atoms with Gasteiger partial charge in [0.1, 0.15) is 30.2 Å². The van der Waals surface area contributed by atoms with Crippen LogP contribution in [0.15, 0.2) is 82.2 Å². The summed E-state index contributed by atoms with van der Waals surface area (Å²) in [7, 11) is 1.62. The van der Waals surface area contributed by atoms with Gasteiger partial charge in [0, 0.05) is 68.0 Å². The number of hydrogen-bond donors (Lipinski definition) is 8. The molecule has 5 atom stereocenters. The van der Waals surface area contributed by atoms with Gasteiger partial charge in [0.05, 0.1) is 6.42 Å². The number of hydrogen-bond acceptors (Lipinski definition) is 9. The molecule has 0 radical (unpaired) electrons. The minimum atomic E-state index is -1.15. The summed E-state index contributed by atoms with van der Waals surface area (Å²) in [6, 6.07) is 13.8. The molecule has 13 N–H and O–H groups in total. The summed E-state index contributed by atoms with van der Waals surface area (Å²) in [5.41, 5.74) is 31.0. The number of aromatic amines is 1. The Morgan fingerprint density at radius 1 is 0.800 bits per heavy atom. The molecule has 65 heavy (non-hydrogen) atoms. The Kier molecular flexibility index (Phi) is 16.2. The van der Waals surface area contributed by atoms with Crippen LogP contribution in [-0.2, 0) is 54.6 Å². The quantitative estimate of drug-likeness (QED) is 0.0342. The topological polar surface area (TPSA) is 307 Å². The van der Waals surface area contributed by atoms with Crippen LogP contribution in [0.2, 0.25) is 0 Å². The second-order valence-corrected chi connectivity index (χ2v) is 17.4. The van der Waals surface area contributed by atoms with Crippen molar-refractivity contribution >= 4 is 69.6 Å². The number of amides is 6. The van der Waals surface area contributed by atoms with Gasteiger partial charge in [0.25, 0.3) is 0 Å². The van der Waals surface area contributed by atoms with E-state index in [4.69, 9.17) is 28.7 Å². The second kappa shape index (κ2) is 22.1. The number of likely N-dealkylation sites (tertiary alicyclic amines) is 1. The smallest absolute Gasteiger partial charge is 0.246 e. The van der Waals surface area contributed by atoms with E-state index in [0.29, 0.717) is 25.7 Å². The maximum atomic E-state index is 15.2. The molecule has 6 amide bonds. The molecule has 2 aliphatic heterocycles. The zero-order valence-corrected chi connectivity index (χ0v) is 37.3. The van der Waals surface area contributed by atoms with Crippen LogP contribution < -0.4 is 39.3 Å². The van der Waals surface area contributed by atoms with Gasteiger partial charge in [-0.1, -0.05) is 48.5 Å². The molecule has 0 spiro atoms. The Labute approximate surface area is 381 Å². The maximum absolute atomic E-state index is 15.2. The van der Waals surface area contributed by atoms with Crippen LogP contribution >= 0.6 is 11.3 Å². The summed E-state index contributed by atoms with van der Waals surface area (Å²) >= 11 is 1.45. The zero-order chi connectivity index (χ0) is 46.6. The highest BCUT2D eigenvalue weighted by atomic mass is 32.1. The number of likely N-dealkylation sites (N-methyl/N-ethyl adjacent to an activating group) is 1. The lowest BCUT2D eigenvalue weighted by atomic mass is 9.91. The zero-order valence-electron chi connectivity index (χ0n) is 36.5. The van der Waals surface area contributed by atoms with E-state index in [0.717, 1.165) is 32.5 Å². The van der Waals surface area contributed by atoms with Crippen LogP contribution in [0.4, 0.5) is 0 Å². The van der Waals surface area contributed by atoms with E-state index in [-0.39, 0.29) is 76.1 Å². The number of primary amides is 1. The first kappa shape index (κ1) is 47.5. The first-order chi connectivity index (χ1) is 31.2. The van der Waals surface area contributed by atoms with Gasteiger partial charge in [-0.15, -0.1) is 11.3 Å². The van der Waals surface area contributed by atoms with Crippen molar-refractivity contribution in [3.63, 3.8) is 0 Å². The molecule has 19 nitrogen and oxygen atoms in total. The third kappa shape index (κ3) is 12.2. The monoisotopic (exact) mass is 909 g/mol. The Morgan fingerprint density at radius 2 is 1.45 bits per heavy atom. The Hall–Kier alpha value is -6.96. The lowest BCUT2D eigenvalue weighted by Gasteiger charge is -2.40. The predicted molar refractivity (Wildman–Crippen MR) is 249 cm³/mol. The third-order valence-corrected chi connectivity index (χ3v) is 12.9. The van der Waals surface area contributed by atoms with Crippen molar-refractivity contribution in [2.45, 2.75) is 94.5 Å². The molecule has 20 heteroatoms. The minimum Gasteiger partial charge on any atom is -0.370 e. The molecule has 0 unspecified atom stereocenters. The number of nitrogens with one attached hydrogen (secondary N) is 3. The number of benzene rings is 2. The number of guanidine groups is 2. The van der Waals surface area contributed by atoms with Gasteiger partial charge in [0.15, 0.2) is 11.9 Å². The molecule has 2 aromatic heterocycles. The summed E-state index contributed by atoms with van der Waals surface area (Å²) in [5.74, 6) is -3.34. The fraction of sp³-hybridized carbons (Fsp3) is 0.422. The first-order valence-electron chi connectivity index (χ1n) is 21.7. The van der Waals surface area contributed by atoms with E-state index in [1.54, 1.807) is 7.05 Å². The highest BCUT2D eigenvalue weighted by Gasteiger charge is 2.43. The number of H-pyrrole nitrogens is 1. The third-order valence-electron chi connectivity index (χ3n) is 12.0. The predicted octanol–water partition coefficient (Wildman–Crippen LogP) is 0.348. The molecule has 0 bridgehead atoms. The number of carbonyl (C=O) groups is 6. The molecule has 1 fully saturated rings. The lowest BCUT2D eigenvalue weighted by molar-refractivity contribution is -0.150. The molecule has 0 aliphatic carbocycles. The van der Waals surface area contributed by atoms with Crippen LogP contribution in [0.3, 0.4) is 0 Å². The first-order valence-corrected chi connectivity index (χ1v) is 22.6. The van der Waals surface area contributed by atoms with Crippen molar-refractivity contribution in [3.8, 4) is 0 Å². The average Bonchev–Trinajstić information content (AvgIpc) is 4.08. The van der Waals surface area contributed by atoms with Crippen LogP contribution in [0, 0.1) is 0 Å². The molecule has 0 saturated carbocycles. The van der Waals surface area contributed by atoms with Crippen LogP contribution in [0.25, 0.3) is 10.9 Å². The van der Waals surface area contributed by atoms with E-state index in [2.05, 4.69) is 25.6 Å². The number of aromatic nitrogens is 1. The largest absolute Gasteiger partial charge is 0.370 e. The number of para-hydroxylation sites is 1. The number of carbonyl (C=O) groups excluding carboxylic acids is 6. The van der Waals surface area contributed by atoms with Crippen molar-refractivity contribution in [2.24, 2.45) is 38.7 Å². The minimum absolute atomic E-state index is 0.0783. The van der Waals surface area contributed by atoms with Crippen LogP contribution in [0.5, 0.6) is 0 Å². The van der Waals surface area contributed by atoms with Crippen molar-refractivity contribution in [3.05, 3.63) is 93.8 Å². The summed E-state index contributed by atoms with van der Waals surface area (Å²) in [4.78, 5) is 101. The summed E-state index contributed by atoms with van der Waals surface area (Å²) < 4.78 is 0. The fourth-order valence-corrected chi connectivity index (χ4v) is 9.22. The Bertz CT molecular complexity index is 2390. The van der Waals surface area contributed by atoms with Gasteiger partial charge in [-0.25, -0.2) is 0 Å². The molecule has 4 heterocycles. The average molecular weight is 910 g/mol. The Morgan fingerprint density at radius 3 is 2.12 bits per heavy atom. The molecule has 346 valence electrons. The van der Waals surface area contributed by atoms with Crippen molar-refractivity contribution in [1.82, 2.24) is 30.3 Å². The fourth-order valence-electron chi connectivity index (χ4n) is 8.53. The van der Waals surface area contributed by atoms with Gasteiger partial charge in [-0.2, -0.15) is 0 Å². The SMILES string of the molecule is CN(C(=O)Cc1cccs1)[C@@H](Cc1c[nH]c2ccccc12)C(=O)N1Cc2ccccc2C[C@H]1C(=O)N[C@@H](CCCN=C(N)N)C(=O)N1CCC[C@H]1C(=O)N[C@@H](CCCN=C(N)N)C(N)=O. The molecule has 6 rings (SSSR count). The van der Waals surface area contributed by atoms with Crippen molar-refractivity contribution < 1.29 is 28.8 Å². The normalized spacial score (nSPS) is 17.0. The van der Waals surface area contributed by atoms with Gasteiger partial charge in [-0.05, 0) is 72.7 Å². The number of rotatable bonds is 20. The van der Waals surface area contributed by atoms with Gasteiger partial charge in [-0.3, -0.25) is 38.8 Å². The van der Waals surface area contributed by atoms with Crippen molar-refractivity contribution in [1.29, 1.82) is 0 Å². The highest BCUT2D eigenvalue weighted by molar-refractivity contribution is 7.10. The van der Waals surface area contributed by atoms with Crippen LogP contribution in [-0.4, -0.2) is 124 Å². The summed E-state index contributed by atoms with van der Waals surface area (Å²) in [6.45, 7) is 0.678. The number of thiophene rings is 1. The van der Waals surface area contributed by atoms with Gasteiger partial charge >= 0.3 is 0 Å². The summed E-state index contributed by atoms with van der Waals surface area (Å²) in [6.07, 6.45) is 3.96. The maximum Gasteiger partial charge on any atom is 0.246 e. The number of aliphatic imine (C=N–C) groups is 2. The number of nitrogens with two attached hydrogens (primary N) is 5. The molecule has 2 aliphatic rings. The molecule has 2 aromatic carbocycles. The van der Waals surface area contributed by atoms with E-state index in [1.165, 1.54) is 26.0 Å². The van der Waals surface area contributed by atoms with Gasteiger partial charge in [0.2, 0.25) is 35.4 Å². The highest BCUT2D eigenvalue weighted by Crippen LogP contribution is 2.28. The van der Waals surface area contributed by atoms with E-state index < -0.39 is 59.7 Å². The van der Waals surface area contributed by atoms with Crippen molar-refractivity contribution in [2.75, 3.05) is 26.7 Å². The molecule has 1 saturated heterocycles. The van der Waals surface area contributed by atoms with E-state index in [9.17, 15) is 24.0 Å². The molecule has 4 aromatic rings. The van der Waals surface area contributed by atoms with E-state index >= 15 is 4.79 Å². The lowest BCUT2D eigenvalue weighted by Crippen LogP contribution is -2.61. The van der Waals surface area contributed by atoms with Gasteiger partial charge < -0.3 is 59.0 Å². The standard InChI is InChI=1S/C45H59N13O6S/c1-56(38(59)24-30-12-9-21-65-30)37(23-29-25-53-32-14-5-4-13-31(29)32)43(64)58-26-28-11-3-2-10-27(28)22-36(58)41(62)55-34(16-7-19-52-45(49)50)42(63)57-20-8-17-35(57)40(61)54-33(39(46)60)15-6-18-51-44(47)48/h2-5,9-14,21,25,33-37,53H,6-8,15-20,22-24,26H2,1H3,(H2,46,60)(H,54,61)(H,55,62)(H4,47,48,51)(H4,49,50,52)/t33-,34-,35-,36-,37-/m0/s1. The van der Waals surface area contributed by atoms with E-state index in [1.807, 2.05) is 72.2 Å².